The molecule has 0 atom stereocenters. The van der Waals surface area contributed by atoms with Gasteiger partial charge in [0.1, 0.15) is 0 Å². The summed E-state index contributed by atoms with van der Waals surface area (Å²) in [6.45, 7) is 7.02. The molecule has 0 saturated carbocycles. The predicted molar refractivity (Wildman–Crippen MR) is 61.1 cm³/mol. The highest BCUT2D eigenvalue weighted by Gasteiger charge is 2.12. The van der Waals surface area contributed by atoms with Crippen molar-refractivity contribution in [2.24, 2.45) is 5.73 Å². The molecule has 0 radical (unpaired) electrons. The lowest BCUT2D eigenvalue weighted by molar-refractivity contribution is 0.590. The van der Waals surface area contributed by atoms with Crippen LogP contribution in [0.2, 0.25) is 0 Å². The zero-order chi connectivity index (χ0) is 10.6. The van der Waals surface area contributed by atoms with E-state index in [0.29, 0.717) is 6.54 Å². The SMILES string of the molecule is CC(C)(C)c1ccc(C#CCN)cc1. The third-order valence-electron chi connectivity index (χ3n) is 2.09. The molecule has 0 unspecified atom stereocenters. The highest BCUT2D eigenvalue weighted by molar-refractivity contribution is 5.37. The molecule has 0 fully saturated rings. The van der Waals surface area contributed by atoms with Gasteiger partial charge in [0.15, 0.2) is 0 Å². The molecule has 74 valence electrons. The van der Waals surface area contributed by atoms with Gasteiger partial charge < -0.3 is 5.73 Å². The van der Waals surface area contributed by atoms with Crippen molar-refractivity contribution in [3.05, 3.63) is 35.4 Å². The van der Waals surface area contributed by atoms with E-state index in [1.54, 1.807) is 0 Å². The first-order chi connectivity index (χ1) is 6.54. The van der Waals surface area contributed by atoms with Crippen LogP contribution in [0, 0.1) is 11.8 Å². The van der Waals surface area contributed by atoms with Crippen molar-refractivity contribution in [2.75, 3.05) is 6.54 Å². The van der Waals surface area contributed by atoms with E-state index >= 15 is 0 Å². The van der Waals surface area contributed by atoms with Crippen molar-refractivity contribution in [1.29, 1.82) is 0 Å². The van der Waals surface area contributed by atoms with Crippen LogP contribution >= 0.6 is 0 Å². The lowest BCUT2D eigenvalue weighted by atomic mass is 9.87. The van der Waals surface area contributed by atoms with Gasteiger partial charge in [0, 0.05) is 5.56 Å². The fourth-order valence-corrected chi connectivity index (χ4v) is 1.21. The summed E-state index contributed by atoms with van der Waals surface area (Å²) in [7, 11) is 0. The number of rotatable bonds is 0. The highest BCUT2D eigenvalue weighted by atomic mass is 14.5. The van der Waals surface area contributed by atoms with Crippen LogP contribution in [0.3, 0.4) is 0 Å². The lowest BCUT2D eigenvalue weighted by Crippen LogP contribution is -2.10. The molecule has 2 N–H and O–H groups in total. The molecule has 0 bridgehead atoms. The van der Waals surface area contributed by atoms with Crippen LogP contribution in [0.4, 0.5) is 0 Å². The Hall–Kier alpha value is -1.26. The molecule has 0 heterocycles. The number of benzene rings is 1. The second kappa shape index (κ2) is 4.30. The van der Waals surface area contributed by atoms with Crippen molar-refractivity contribution in [3.63, 3.8) is 0 Å². The summed E-state index contributed by atoms with van der Waals surface area (Å²) in [5, 5.41) is 0. The summed E-state index contributed by atoms with van der Waals surface area (Å²) in [6.07, 6.45) is 0. The smallest absolute Gasteiger partial charge is 0.0555 e. The summed E-state index contributed by atoms with van der Waals surface area (Å²) >= 11 is 0. The summed E-state index contributed by atoms with van der Waals surface area (Å²) in [5.74, 6) is 5.85. The molecule has 0 aliphatic rings. The maximum atomic E-state index is 5.30. The second-order valence-electron chi connectivity index (χ2n) is 4.33. The predicted octanol–water partition coefficient (Wildman–Crippen LogP) is 2.29. The van der Waals surface area contributed by atoms with Crippen LogP contribution in [0.5, 0.6) is 0 Å². The maximum absolute atomic E-state index is 5.30. The standard InChI is InChI=1S/C13H17N/c1-13(2,3)12-8-6-11(7-9-12)5-4-10-14/h6-9H,10,14H2,1-3H3. The van der Waals surface area contributed by atoms with Crippen molar-refractivity contribution >= 4 is 0 Å². The van der Waals surface area contributed by atoms with Crippen LogP contribution in [0.15, 0.2) is 24.3 Å². The Bertz CT molecular complexity index is 344. The molecule has 1 heteroatoms. The van der Waals surface area contributed by atoms with Gasteiger partial charge in [-0.2, -0.15) is 0 Å². The first kappa shape index (κ1) is 10.8. The zero-order valence-electron chi connectivity index (χ0n) is 9.09. The van der Waals surface area contributed by atoms with Gasteiger partial charge in [-0.3, -0.25) is 0 Å². The van der Waals surface area contributed by atoms with E-state index in [1.165, 1.54) is 5.56 Å². The van der Waals surface area contributed by atoms with Gasteiger partial charge in [-0.05, 0) is 23.1 Å². The molecular weight excluding hydrogens is 170 g/mol. The van der Waals surface area contributed by atoms with E-state index in [0.717, 1.165) is 5.56 Å². The summed E-state index contributed by atoms with van der Waals surface area (Å²) in [5.41, 5.74) is 7.87. The zero-order valence-corrected chi connectivity index (χ0v) is 9.09. The number of hydrogen-bond acceptors (Lipinski definition) is 1. The van der Waals surface area contributed by atoms with Gasteiger partial charge >= 0.3 is 0 Å². The lowest BCUT2D eigenvalue weighted by Gasteiger charge is -2.18. The summed E-state index contributed by atoms with van der Waals surface area (Å²) in [4.78, 5) is 0. The fourth-order valence-electron chi connectivity index (χ4n) is 1.21. The van der Waals surface area contributed by atoms with E-state index in [4.69, 9.17) is 5.73 Å². The number of hydrogen-bond donors (Lipinski definition) is 1. The average molecular weight is 187 g/mol. The monoisotopic (exact) mass is 187 g/mol. The van der Waals surface area contributed by atoms with Gasteiger partial charge in [0.05, 0.1) is 6.54 Å². The Morgan fingerprint density at radius 2 is 1.71 bits per heavy atom. The minimum absolute atomic E-state index is 0.208. The Kier molecular flexibility index (Phi) is 3.33. The molecule has 0 aliphatic heterocycles. The molecule has 1 aromatic carbocycles. The van der Waals surface area contributed by atoms with Gasteiger partial charge in [-0.15, -0.1) is 0 Å². The fraction of sp³-hybridized carbons (Fsp3) is 0.385. The largest absolute Gasteiger partial charge is 0.320 e. The average Bonchev–Trinajstić information content (AvgIpc) is 2.14. The molecule has 1 aromatic rings. The van der Waals surface area contributed by atoms with Crippen molar-refractivity contribution < 1.29 is 0 Å². The van der Waals surface area contributed by atoms with Crippen LogP contribution in [0.25, 0.3) is 0 Å². The molecule has 14 heavy (non-hydrogen) atoms. The minimum Gasteiger partial charge on any atom is -0.320 e. The molecule has 0 amide bonds. The molecule has 1 rings (SSSR count). The molecule has 0 aliphatic carbocycles. The first-order valence-corrected chi connectivity index (χ1v) is 4.83. The molecular formula is C13H17N. The van der Waals surface area contributed by atoms with E-state index < -0.39 is 0 Å². The van der Waals surface area contributed by atoms with Gasteiger partial charge in [0.2, 0.25) is 0 Å². The van der Waals surface area contributed by atoms with Crippen molar-refractivity contribution in [3.8, 4) is 11.8 Å². The van der Waals surface area contributed by atoms with Gasteiger partial charge in [-0.1, -0.05) is 44.7 Å². The Morgan fingerprint density at radius 1 is 1.14 bits per heavy atom. The van der Waals surface area contributed by atoms with Crippen LogP contribution in [-0.2, 0) is 5.41 Å². The maximum Gasteiger partial charge on any atom is 0.0555 e. The van der Waals surface area contributed by atoms with Crippen molar-refractivity contribution in [2.45, 2.75) is 26.2 Å². The van der Waals surface area contributed by atoms with E-state index in [1.807, 2.05) is 12.1 Å². The Morgan fingerprint density at radius 3 is 2.14 bits per heavy atom. The van der Waals surface area contributed by atoms with Crippen molar-refractivity contribution in [1.82, 2.24) is 0 Å². The first-order valence-electron chi connectivity index (χ1n) is 4.83. The van der Waals surface area contributed by atoms with E-state index in [9.17, 15) is 0 Å². The van der Waals surface area contributed by atoms with Gasteiger partial charge in [0.25, 0.3) is 0 Å². The Labute approximate surface area is 86.3 Å². The summed E-state index contributed by atoms with van der Waals surface area (Å²) in [6, 6.07) is 8.34. The topological polar surface area (TPSA) is 26.0 Å². The Balaban J connectivity index is 2.89. The second-order valence-corrected chi connectivity index (χ2v) is 4.33. The highest BCUT2D eigenvalue weighted by Crippen LogP contribution is 2.21. The van der Waals surface area contributed by atoms with E-state index in [2.05, 4.69) is 44.7 Å². The molecule has 0 spiro atoms. The quantitative estimate of drug-likeness (QED) is 0.620. The summed E-state index contributed by atoms with van der Waals surface area (Å²) < 4.78 is 0. The van der Waals surface area contributed by atoms with Crippen LogP contribution in [0.1, 0.15) is 31.9 Å². The third kappa shape index (κ3) is 2.90. The van der Waals surface area contributed by atoms with E-state index in [-0.39, 0.29) is 5.41 Å². The molecule has 0 saturated heterocycles. The third-order valence-corrected chi connectivity index (χ3v) is 2.09. The van der Waals surface area contributed by atoms with Crippen LogP contribution < -0.4 is 5.73 Å². The van der Waals surface area contributed by atoms with Gasteiger partial charge in [-0.25, -0.2) is 0 Å². The molecule has 1 nitrogen and oxygen atoms in total. The molecule has 0 aromatic heterocycles. The van der Waals surface area contributed by atoms with Crippen LogP contribution in [-0.4, -0.2) is 6.54 Å². The number of nitrogens with two attached hydrogens (primary N) is 1. The normalized spacial score (nSPS) is 10.6. The minimum atomic E-state index is 0.208.